The fourth-order valence-corrected chi connectivity index (χ4v) is 0.581. The molecule has 0 heterocycles. The Morgan fingerprint density at radius 1 is 1.25 bits per heavy atom. The first-order chi connectivity index (χ1) is 5.72. The first kappa shape index (κ1) is 10.2. The Bertz CT molecular complexity index is 242. The normalized spacial score (nSPS) is 7.67. The number of hydrogen-bond acceptors (Lipinski definition) is 2. The second-order valence-electron chi connectivity index (χ2n) is 1.78. The third-order valence-electron chi connectivity index (χ3n) is 1.02. The standard InChI is InChI=1S/C7H6O2.CH2O2/c8-7(9)6-4-2-1-3-5-6;2-1-3/h1-5H,(H,8,9);1H,(H,2,3). The van der Waals surface area contributed by atoms with Crippen LogP contribution in [0.15, 0.2) is 30.3 Å². The first-order valence-electron chi connectivity index (χ1n) is 3.08. The van der Waals surface area contributed by atoms with Gasteiger partial charge < -0.3 is 10.2 Å². The molecular formula is C8H8O4. The number of carboxylic acids is 1. The molecule has 0 amide bonds. The van der Waals surface area contributed by atoms with Crippen molar-refractivity contribution >= 4 is 12.4 Å². The van der Waals surface area contributed by atoms with E-state index < -0.39 is 5.97 Å². The summed E-state index contributed by atoms with van der Waals surface area (Å²) in [4.78, 5) is 18.6. The molecule has 0 saturated heterocycles. The minimum atomic E-state index is -0.879. The molecule has 4 heteroatoms. The monoisotopic (exact) mass is 168 g/mol. The Morgan fingerprint density at radius 3 is 1.92 bits per heavy atom. The van der Waals surface area contributed by atoms with Crippen LogP contribution in [0.4, 0.5) is 0 Å². The lowest BCUT2D eigenvalue weighted by Crippen LogP contribution is -1.93. The van der Waals surface area contributed by atoms with Crippen LogP contribution in [0.25, 0.3) is 0 Å². The minimum Gasteiger partial charge on any atom is -0.483 e. The van der Waals surface area contributed by atoms with E-state index in [4.69, 9.17) is 15.0 Å². The van der Waals surface area contributed by atoms with Crippen LogP contribution in [0, 0.1) is 0 Å². The van der Waals surface area contributed by atoms with Crippen LogP contribution in [0.1, 0.15) is 10.4 Å². The second-order valence-corrected chi connectivity index (χ2v) is 1.78. The molecular weight excluding hydrogens is 160 g/mol. The highest BCUT2D eigenvalue weighted by atomic mass is 16.4. The lowest BCUT2D eigenvalue weighted by Gasteiger charge is -1.88. The maximum Gasteiger partial charge on any atom is 0.335 e. The molecule has 0 bridgehead atoms. The largest absolute Gasteiger partial charge is 0.483 e. The van der Waals surface area contributed by atoms with Crippen LogP contribution in [0.5, 0.6) is 0 Å². The van der Waals surface area contributed by atoms with E-state index in [1.54, 1.807) is 30.3 Å². The highest BCUT2D eigenvalue weighted by Crippen LogP contribution is 1.96. The van der Waals surface area contributed by atoms with Crippen molar-refractivity contribution in [3.8, 4) is 0 Å². The quantitative estimate of drug-likeness (QED) is 0.615. The highest BCUT2D eigenvalue weighted by Gasteiger charge is 1.96. The maximum absolute atomic E-state index is 10.2. The SMILES string of the molecule is O=C(O)c1ccccc1.O=CO. The zero-order valence-electron chi connectivity index (χ0n) is 6.18. The molecule has 64 valence electrons. The molecule has 0 saturated carbocycles. The second kappa shape index (κ2) is 5.91. The van der Waals surface area contributed by atoms with Gasteiger partial charge in [0.15, 0.2) is 0 Å². The minimum absolute atomic E-state index is 0.250. The van der Waals surface area contributed by atoms with Crippen molar-refractivity contribution in [1.29, 1.82) is 0 Å². The Hall–Kier alpha value is -1.84. The molecule has 0 aromatic heterocycles. The van der Waals surface area contributed by atoms with Crippen LogP contribution in [-0.2, 0) is 4.79 Å². The van der Waals surface area contributed by atoms with E-state index in [0.717, 1.165) is 0 Å². The van der Waals surface area contributed by atoms with Crippen molar-refractivity contribution in [2.45, 2.75) is 0 Å². The summed E-state index contributed by atoms with van der Waals surface area (Å²) in [6, 6.07) is 8.30. The fourth-order valence-electron chi connectivity index (χ4n) is 0.581. The number of benzene rings is 1. The molecule has 0 spiro atoms. The van der Waals surface area contributed by atoms with Gasteiger partial charge in [-0.1, -0.05) is 18.2 Å². The molecule has 0 fully saturated rings. The van der Waals surface area contributed by atoms with E-state index in [0.29, 0.717) is 5.56 Å². The molecule has 0 aliphatic carbocycles. The Kier molecular flexibility index (Phi) is 5.00. The summed E-state index contributed by atoms with van der Waals surface area (Å²) in [5.74, 6) is -0.879. The van der Waals surface area contributed by atoms with Crippen LogP contribution < -0.4 is 0 Å². The molecule has 0 aliphatic rings. The third-order valence-corrected chi connectivity index (χ3v) is 1.02. The third kappa shape index (κ3) is 4.05. The number of carboxylic acid groups (broad SMARTS) is 2. The lowest BCUT2D eigenvalue weighted by molar-refractivity contribution is -0.122. The van der Waals surface area contributed by atoms with E-state index in [-0.39, 0.29) is 6.47 Å². The number of hydrogen-bond donors (Lipinski definition) is 2. The molecule has 0 atom stereocenters. The predicted molar refractivity (Wildman–Crippen MR) is 42.1 cm³/mol. The summed E-state index contributed by atoms with van der Waals surface area (Å²) in [5, 5.41) is 15.3. The molecule has 0 unspecified atom stereocenters. The predicted octanol–water partition coefficient (Wildman–Crippen LogP) is 1.09. The van der Waals surface area contributed by atoms with Gasteiger partial charge in [-0.15, -0.1) is 0 Å². The summed E-state index contributed by atoms with van der Waals surface area (Å²) in [5.41, 5.74) is 0.331. The van der Waals surface area contributed by atoms with E-state index in [1.807, 2.05) is 0 Å². The molecule has 1 rings (SSSR count). The highest BCUT2D eigenvalue weighted by molar-refractivity contribution is 5.87. The number of aromatic carboxylic acids is 1. The van der Waals surface area contributed by atoms with Crippen molar-refractivity contribution in [3.05, 3.63) is 35.9 Å². The van der Waals surface area contributed by atoms with E-state index in [2.05, 4.69) is 0 Å². The van der Waals surface area contributed by atoms with Crippen LogP contribution in [0.2, 0.25) is 0 Å². The van der Waals surface area contributed by atoms with Gasteiger partial charge in [-0.3, -0.25) is 4.79 Å². The summed E-state index contributed by atoms with van der Waals surface area (Å²) < 4.78 is 0. The van der Waals surface area contributed by atoms with Crippen molar-refractivity contribution < 1.29 is 19.8 Å². The molecule has 1 aromatic rings. The fraction of sp³-hybridized carbons (Fsp3) is 0. The first-order valence-corrected chi connectivity index (χ1v) is 3.08. The van der Waals surface area contributed by atoms with Gasteiger partial charge in [-0.05, 0) is 12.1 Å². The molecule has 4 nitrogen and oxygen atoms in total. The zero-order chi connectivity index (χ0) is 9.40. The topological polar surface area (TPSA) is 74.6 Å². The van der Waals surface area contributed by atoms with Gasteiger partial charge >= 0.3 is 5.97 Å². The Labute approximate surface area is 69.1 Å². The molecule has 0 aliphatic heterocycles. The number of carbonyl (C=O) groups is 2. The summed E-state index contributed by atoms with van der Waals surface area (Å²) in [6.07, 6.45) is 0. The average Bonchev–Trinajstić information content (AvgIpc) is 2.07. The van der Waals surface area contributed by atoms with Gasteiger partial charge in [0.1, 0.15) is 0 Å². The number of rotatable bonds is 1. The zero-order valence-corrected chi connectivity index (χ0v) is 6.18. The van der Waals surface area contributed by atoms with Crippen molar-refractivity contribution in [2.75, 3.05) is 0 Å². The smallest absolute Gasteiger partial charge is 0.335 e. The van der Waals surface area contributed by atoms with Crippen molar-refractivity contribution in [2.24, 2.45) is 0 Å². The molecule has 2 N–H and O–H groups in total. The van der Waals surface area contributed by atoms with Gasteiger partial charge in [0.05, 0.1) is 5.56 Å². The van der Waals surface area contributed by atoms with Crippen LogP contribution >= 0.6 is 0 Å². The van der Waals surface area contributed by atoms with E-state index in [9.17, 15) is 4.79 Å². The van der Waals surface area contributed by atoms with Gasteiger partial charge in [0.2, 0.25) is 0 Å². The van der Waals surface area contributed by atoms with Gasteiger partial charge in [-0.2, -0.15) is 0 Å². The maximum atomic E-state index is 10.2. The average molecular weight is 168 g/mol. The van der Waals surface area contributed by atoms with Gasteiger partial charge in [0.25, 0.3) is 6.47 Å². The summed E-state index contributed by atoms with van der Waals surface area (Å²) >= 11 is 0. The Morgan fingerprint density at radius 2 is 1.67 bits per heavy atom. The summed E-state index contributed by atoms with van der Waals surface area (Å²) in [7, 11) is 0. The van der Waals surface area contributed by atoms with Crippen LogP contribution in [0.3, 0.4) is 0 Å². The summed E-state index contributed by atoms with van der Waals surface area (Å²) in [6.45, 7) is -0.250. The molecule has 12 heavy (non-hydrogen) atoms. The van der Waals surface area contributed by atoms with E-state index >= 15 is 0 Å². The molecule has 1 aromatic carbocycles. The van der Waals surface area contributed by atoms with Crippen molar-refractivity contribution in [3.63, 3.8) is 0 Å². The Balaban J connectivity index is 0.000000354. The van der Waals surface area contributed by atoms with E-state index in [1.165, 1.54) is 0 Å². The van der Waals surface area contributed by atoms with Gasteiger partial charge in [0, 0.05) is 0 Å². The lowest BCUT2D eigenvalue weighted by atomic mass is 10.2. The molecule has 0 radical (unpaired) electrons. The van der Waals surface area contributed by atoms with Crippen molar-refractivity contribution in [1.82, 2.24) is 0 Å². The van der Waals surface area contributed by atoms with Gasteiger partial charge in [-0.25, -0.2) is 4.79 Å². The van der Waals surface area contributed by atoms with Crippen LogP contribution in [-0.4, -0.2) is 22.7 Å².